The summed E-state index contributed by atoms with van der Waals surface area (Å²) in [5.74, 6) is 1.79. The first-order valence-corrected chi connectivity index (χ1v) is 20.8. The van der Waals surface area contributed by atoms with E-state index in [1.54, 1.807) is 6.33 Å². The van der Waals surface area contributed by atoms with Crippen LogP contribution in [0, 0.1) is 0 Å². The van der Waals surface area contributed by atoms with E-state index >= 15 is 0 Å². The molecule has 0 atom stereocenters. The van der Waals surface area contributed by atoms with Gasteiger partial charge in [-0.15, -0.1) is 0 Å². The summed E-state index contributed by atoms with van der Waals surface area (Å²) in [6.45, 7) is 0. The number of hydrogen-bond acceptors (Lipinski definition) is 5. The molecule has 12 aromatic rings. The third kappa shape index (κ3) is 6.23. The molecule has 0 spiro atoms. The van der Waals surface area contributed by atoms with Crippen LogP contribution >= 0.6 is 0 Å². The fraction of sp³-hybridized carbons (Fsp3) is 0. The molecule has 0 unspecified atom stereocenters. The van der Waals surface area contributed by atoms with Gasteiger partial charge in [0.05, 0.1) is 0 Å². The molecule has 0 N–H and O–H groups in total. The molecule has 5 nitrogen and oxygen atoms in total. The average Bonchev–Trinajstić information content (AvgIpc) is 3.35. The zero-order valence-electron chi connectivity index (χ0n) is 33.4. The standard InChI is InChI=1S/C57H35N5/c1-2-12-39-27-42(26-23-36(39)11-1)56-60-55(38-24-21-37(22-25-38)46-33-58-35-59-34-46)61-57(62-56)45-29-43(53-31-40-13-3-5-15-47(40)49-17-7-9-19-51(49)53)28-44(30-45)54-32-41-14-4-6-16-48(41)50-18-8-10-20-52(50)54/h1-35H. The minimum Gasteiger partial charge on any atom is -0.244 e. The molecular weight excluding hydrogens is 755 g/mol. The maximum atomic E-state index is 5.33. The van der Waals surface area contributed by atoms with Gasteiger partial charge in [-0.05, 0) is 118 Å². The fourth-order valence-corrected chi connectivity index (χ4v) is 9.01. The second-order valence-corrected chi connectivity index (χ2v) is 15.8. The van der Waals surface area contributed by atoms with E-state index in [1.165, 1.54) is 43.1 Å². The van der Waals surface area contributed by atoms with Gasteiger partial charge in [0.2, 0.25) is 0 Å². The third-order valence-corrected chi connectivity index (χ3v) is 12.0. The zero-order chi connectivity index (χ0) is 41.0. The van der Waals surface area contributed by atoms with E-state index in [0.717, 1.165) is 60.8 Å². The van der Waals surface area contributed by atoms with Crippen molar-refractivity contribution in [3.05, 3.63) is 213 Å². The van der Waals surface area contributed by atoms with Gasteiger partial charge >= 0.3 is 0 Å². The summed E-state index contributed by atoms with van der Waals surface area (Å²) in [6, 6.07) is 69.3. The van der Waals surface area contributed by atoms with Crippen LogP contribution in [0.5, 0.6) is 0 Å². The predicted octanol–water partition coefficient (Wildman–Crippen LogP) is 14.4. The number of nitrogens with zero attached hydrogens (tertiary/aromatic N) is 5. The van der Waals surface area contributed by atoms with Crippen molar-refractivity contribution in [1.82, 2.24) is 24.9 Å². The molecule has 288 valence electrons. The summed E-state index contributed by atoms with van der Waals surface area (Å²) in [4.78, 5) is 24.3. The van der Waals surface area contributed by atoms with Gasteiger partial charge in [-0.1, -0.05) is 158 Å². The van der Waals surface area contributed by atoms with Crippen molar-refractivity contribution in [2.75, 3.05) is 0 Å². The number of aromatic nitrogens is 5. The molecule has 0 saturated carbocycles. The molecule has 0 aliphatic carbocycles. The van der Waals surface area contributed by atoms with Crippen molar-refractivity contribution in [2.24, 2.45) is 0 Å². The molecule has 2 heterocycles. The second-order valence-electron chi connectivity index (χ2n) is 15.8. The Hall–Kier alpha value is -8.41. The van der Waals surface area contributed by atoms with Crippen molar-refractivity contribution >= 4 is 53.9 Å². The van der Waals surface area contributed by atoms with Crippen LogP contribution in [-0.2, 0) is 0 Å². The smallest absolute Gasteiger partial charge is 0.164 e. The first-order chi connectivity index (χ1) is 30.7. The number of hydrogen-bond donors (Lipinski definition) is 0. The van der Waals surface area contributed by atoms with Crippen LogP contribution in [0.4, 0.5) is 0 Å². The van der Waals surface area contributed by atoms with E-state index < -0.39 is 0 Å². The minimum absolute atomic E-state index is 0.591. The normalized spacial score (nSPS) is 11.5. The monoisotopic (exact) mass is 789 g/mol. The summed E-state index contributed by atoms with van der Waals surface area (Å²) < 4.78 is 0. The molecule has 12 rings (SSSR count). The molecule has 0 saturated heterocycles. The maximum absolute atomic E-state index is 5.33. The highest BCUT2D eigenvalue weighted by atomic mass is 15.0. The lowest BCUT2D eigenvalue weighted by molar-refractivity contribution is 1.07. The molecule has 0 amide bonds. The van der Waals surface area contributed by atoms with Gasteiger partial charge in [0.25, 0.3) is 0 Å². The van der Waals surface area contributed by atoms with Crippen molar-refractivity contribution < 1.29 is 0 Å². The van der Waals surface area contributed by atoms with Gasteiger partial charge in [-0.2, -0.15) is 0 Å². The van der Waals surface area contributed by atoms with E-state index in [4.69, 9.17) is 15.0 Å². The maximum Gasteiger partial charge on any atom is 0.164 e. The van der Waals surface area contributed by atoms with E-state index in [0.29, 0.717) is 17.5 Å². The molecule has 0 bridgehead atoms. The lowest BCUT2D eigenvalue weighted by atomic mass is 9.88. The molecule has 0 radical (unpaired) electrons. The van der Waals surface area contributed by atoms with Crippen LogP contribution < -0.4 is 0 Å². The van der Waals surface area contributed by atoms with Crippen LogP contribution in [0.3, 0.4) is 0 Å². The van der Waals surface area contributed by atoms with E-state index in [2.05, 4.69) is 204 Å². The van der Waals surface area contributed by atoms with Crippen LogP contribution in [0.2, 0.25) is 0 Å². The Morgan fingerprint density at radius 3 is 1.24 bits per heavy atom. The topological polar surface area (TPSA) is 64.5 Å². The summed E-state index contributed by atoms with van der Waals surface area (Å²) in [7, 11) is 0. The Labute approximate surface area is 357 Å². The fourth-order valence-electron chi connectivity index (χ4n) is 9.01. The first-order valence-electron chi connectivity index (χ1n) is 20.8. The minimum atomic E-state index is 0.591. The quantitative estimate of drug-likeness (QED) is 0.157. The molecular formula is C57H35N5. The Balaban J connectivity index is 1.13. The molecule has 62 heavy (non-hydrogen) atoms. The Kier molecular flexibility index (Phi) is 8.42. The summed E-state index contributed by atoms with van der Waals surface area (Å²) >= 11 is 0. The lowest BCUT2D eigenvalue weighted by Gasteiger charge is -2.16. The molecule has 2 aromatic heterocycles. The van der Waals surface area contributed by atoms with Crippen molar-refractivity contribution in [3.63, 3.8) is 0 Å². The highest BCUT2D eigenvalue weighted by Crippen LogP contribution is 2.42. The predicted molar refractivity (Wildman–Crippen MR) is 256 cm³/mol. The van der Waals surface area contributed by atoms with Crippen LogP contribution in [0.15, 0.2) is 213 Å². The van der Waals surface area contributed by atoms with Gasteiger partial charge < -0.3 is 0 Å². The molecule has 0 aliphatic rings. The van der Waals surface area contributed by atoms with Gasteiger partial charge in [0, 0.05) is 34.6 Å². The summed E-state index contributed by atoms with van der Waals surface area (Å²) in [5, 5.41) is 11.9. The van der Waals surface area contributed by atoms with E-state index in [1.807, 2.05) is 12.4 Å². The highest BCUT2D eigenvalue weighted by Gasteiger charge is 2.18. The number of benzene rings is 10. The summed E-state index contributed by atoms with van der Waals surface area (Å²) in [5.41, 5.74) is 9.13. The Bertz CT molecular complexity index is 3560. The van der Waals surface area contributed by atoms with Gasteiger partial charge in [0.1, 0.15) is 6.33 Å². The van der Waals surface area contributed by atoms with Crippen LogP contribution in [0.1, 0.15) is 0 Å². The zero-order valence-corrected chi connectivity index (χ0v) is 33.4. The van der Waals surface area contributed by atoms with Gasteiger partial charge in [-0.25, -0.2) is 24.9 Å². The van der Waals surface area contributed by atoms with E-state index in [9.17, 15) is 0 Å². The van der Waals surface area contributed by atoms with Crippen LogP contribution in [0.25, 0.3) is 121 Å². The first kappa shape index (κ1) is 35.5. The highest BCUT2D eigenvalue weighted by molar-refractivity contribution is 6.16. The van der Waals surface area contributed by atoms with Crippen LogP contribution in [-0.4, -0.2) is 24.9 Å². The lowest BCUT2D eigenvalue weighted by Crippen LogP contribution is -2.01. The largest absolute Gasteiger partial charge is 0.244 e. The van der Waals surface area contributed by atoms with Crippen molar-refractivity contribution in [3.8, 4) is 67.5 Å². The van der Waals surface area contributed by atoms with E-state index in [-0.39, 0.29) is 0 Å². The number of rotatable bonds is 6. The molecule has 5 heteroatoms. The average molecular weight is 790 g/mol. The second kappa shape index (κ2) is 14.7. The van der Waals surface area contributed by atoms with Crippen molar-refractivity contribution in [2.45, 2.75) is 0 Å². The Morgan fingerprint density at radius 1 is 0.242 bits per heavy atom. The number of fused-ring (bicyclic) bond motifs is 7. The van der Waals surface area contributed by atoms with Gasteiger partial charge in [-0.3, -0.25) is 0 Å². The van der Waals surface area contributed by atoms with Gasteiger partial charge in [0.15, 0.2) is 17.5 Å². The molecule has 10 aromatic carbocycles. The van der Waals surface area contributed by atoms with Crippen molar-refractivity contribution in [1.29, 1.82) is 0 Å². The Morgan fingerprint density at radius 2 is 0.661 bits per heavy atom. The molecule has 0 aliphatic heterocycles. The third-order valence-electron chi connectivity index (χ3n) is 12.0. The summed E-state index contributed by atoms with van der Waals surface area (Å²) in [6.07, 6.45) is 5.19. The molecule has 0 fully saturated rings. The SMILES string of the molecule is c1ccc2cc(-c3nc(-c4ccc(-c5cncnc5)cc4)nc(-c4cc(-c5cc6ccccc6c6ccccc56)cc(-c5cc6ccccc6c6ccccc56)c4)n3)ccc2c1.